The van der Waals surface area contributed by atoms with Crippen LogP contribution in [0.1, 0.15) is 45.1 Å². The fourth-order valence-electron chi connectivity index (χ4n) is 4.71. The topological polar surface area (TPSA) is 73.8 Å². The molecule has 0 radical (unpaired) electrons. The van der Waals surface area contributed by atoms with Crippen molar-refractivity contribution in [1.29, 1.82) is 0 Å². The van der Waals surface area contributed by atoms with Crippen LogP contribution in [0.2, 0.25) is 0 Å². The van der Waals surface area contributed by atoms with E-state index in [0.29, 0.717) is 30.8 Å². The average molecular weight is 627 g/mol. The highest BCUT2D eigenvalue weighted by Crippen LogP contribution is 2.15. The van der Waals surface area contributed by atoms with Crippen LogP contribution in [0.25, 0.3) is 0 Å². The molecule has 3 aromatic rings. The number of carbonyl (C=O) groups excluding carboxylic acids is 1. The van der Waals surface area contributed by atoms with Crippen molar-refractivity contribution in [3.05, 3.63) is 106 Å². The van der Waals surface area contributed by atoms with E-state index in [1.807, 2.05) is 38.2 Å². The van der Waals surface area contributed by atoms with Gasteiger partial charge in [0.1, 0.15) is 11.6 Å². The number of ether oxygens (including phenoxy) is 1. The molecule has 6 nitrogen and oxygen atoms in total. The summed E-state index contributed by atoms with van der Waals surface area (Å²) in [5.74, 6) is -1.77. The number of aliphatic hydroxyl groups excluding tert-OH is 1. The molecule has 0 fully saturated rings. The molecule has 42 heavy (non-hydrogen) atoms. The monoisotopic (exact) mass is 625 g/mol. The maximum absolute atomic E-state index is 13.9. The molecular formula is C32H43Cl2F2N3O3. The van der Waals surface area contributed by atoms with E-state index in [-0.39, 0.29) is 43.7 Å². The number of hydrogen-bond acceptors (Lipinski definition) is 5. The van der Waals surface area contributed by atoms with Gasteiger partial charge in [0.15, 0.2) is 0 Å². The van der Waals surface area contributed by atoms with E-state index >= 15 is 0 Å². The molecule has 10 heteroatoms. The Hall–Kier alpha value is -2.59. The van der Waals surface area contributed by atoms with Gasteiger partial charge in [0.05, 0.1) is 18.8 Å². The summed E-state index contributed by atoms with van der Waals surface area (Å²) >= 11 is 0. The van der Waals surface area contributed by atoms with Crippen LogP contribution in [0.15, 0.2) is 60.7 Å². The van der Waals surface area contributed by atoms with Gasteiger partial charge in [-0.3, -0.25) is 9.69 Å². The predicted molar refractivity (Wildman–Crippen MR) is 169 cm³/mol. The van der Waals surface area contributed by atoms with Crippen LogP contribution in [0.4, 0.5) is 8.78 Å². The number of hydrogen-bond donors (Lipinski definition) is 3. The summed E-state index contributed by atoms with van der Waals surface area (Å²) in [6.07, 6.45) is -0.0135. The standard InChI is InChI=1S/C32H41F2N3O3.2ClH/c1-5-23-7-6-8-24(13-23)19-35-20-31(38)30(17-25-15-28(33)18-29(34)16-25)36-32(39)27-12-22(2)11-26(14-27)21-37(3)9-10-40-4;;/h6-8,11-16,18,30-31,35,38H,5,9-10,17,19-21H2,1-4H3,(H,36,39);2*1H/t30-,31-;;/m0../s1. The molecule has 3 aromatic carbocycles. The smallest absolute Gasteiger partial charge is 0.251 e. The first kappa shape index (κ1) is 37.4. The Bertz CT molecular complexity index is 1250. The van der Waals surface area contributed by atoms with Crippen LogP contribution in [0, 0.1) is 18.6 Å². The SMILES string of the molecule is CCc1cccc(CNC[C@H](O)[C@H](Cc2cc(F)cc(F)c2)NC(=O)c2cc(C)cc(CN(C)CCOC)c2)c1.Cl.Cl. The molecular weight excluding hydrogens is 583 g/mol. The Kier molecular flexibility index (Phi) is 16.8. The zero-order valence-electron chi connectivity index (χ0n) is 24.7. The van der Waals surface area contributed by atoms with Crippen molar-refractivity contribution in [2.24, 2.45) is 0 Å². The number of nitrogens with one attached hydrogen (secondary N) is 2. The Labute approximate surface area is 260 Å². The largest absolute Gasteiger partial charge is 0.390 e. The van der Waals surface area contributed by atoms with Gasteiger partial charge in [0.2, 0.25) is 0 Å². The van der Waals surface area contributed by atoms with Gasteiger partial charge >= 0.3 is 0 Å². The van der Waals surface area contributed by atoms with E-state index in [4.69, 9.17) is 4.74 Å². The highest BCUT2D eigenvalue weighted by molar-refractivity contribution is 5.94. The minimum atomic E-state index is -1.01. The Morgan fingerprint density at radius 3 is 2.33 bits per heavy atom. The molecule has 0 heterocycles. The van der Waals surface area contributed by atoms with Crippen LogP contribution in [0.5, 0.6) is 0 Å². The number of amides is 1. The highest BCUT2D eigenvalue weighted by atomic mass is 35.5. The quantitative estimate of drug-likeness (QED) is 0.215. The van der Waals surface area contributed by atoms with Gasteiger partial charge < -0.3 is 20.5 Å². The van der Waals surface area contributed by atoms with Crippen molar-refractivity contribution in [2.45, 2.75) is 51.9 Å². The lowest BCUT2D eigenvalue weighted by atomic mass is 9.99. The summed E-state index contributed by atoms with van der Waals surface area (Å²) in [4.78, 5) is 15.5. The molecule has 3 rings (SSSR count). The van der Waals surface area contributed by atoms with E-state index in [0.717, 1.165) is 35.7 Å². The summed E-state index contributed by atoms with van der Waals surface area (Å²) in [7, 11) is 3.64. The second kappa shape index (κ2) is 18.8. The van der Waals surface area contributed by atoms with Crippen LogP contribution in [-0.2, 0) is 30.7 Å². The number of rotatable bonds is 15. The van der Waals surface area contributed by atoms with E-state index in [1.54, 1.807) is 13.2 Å². The minimum absolute atomic E-state index is 0. The van der Waals surface area contributed by atoms with Gasteiger partial charge in [0.25, 0.3) is 5.91 Å². The molecule has 0 aliphatic rings. The lowest BCUT2D eigenvalue weighted by Crippen LogP contribution is -2.48. The molecule has 0 bridgehead atoms. The van der Waals surface area contributed by atoms with Crippen molar-refractivity contribution < 1.29 is 23.4 Å². The molecule has 0 aliphatic heterocycles. The molecule has 0 saturated carbocycles. The maximum atomic E-state index is 13.9. The van der Waals surface area contributed by atoms with Gasteiger partial charge in [-0.15, -0.1) is 24.8 Å². The number of nitrogens with zero attached hydrogens (tertiary/aromatic N) is 1. The first-order valence-corrected chi connectivity index (χ1v) is 13.7. The van der Waals surface area contributed by atoms with Gasteiger partial charge in [-0.2, -0.15) is 0 Å². The first-order chi connectivity index (χ1) is 19.2. The molecule has 3 N–H and O–H groups in total. The minimum Gasteiger partial charge on any atom is -0.390 e. The number of carbonyl (C=O) groups is 1. The van der Waals surface area contributed by atoms with Gasteiger partial charge in [-0.25, -0.2) is 8.78 Å². The number of likely N-dealkylation sites (N-methyl/N-ethyl adjacent to an activating group) is 1. The van der Waals surface area contributed by atoms with E-state index in [2.05, 4.69) is 34.6 Å². The Morgan fingerprint density at radius 1 is 0.976 bits per heavy atom. The van der Waals surface area contributed by atoms with Crippen LogP contribution in [-0.4, -0.2) is 61.9 Å². The van der Waals surface area contributed by atoms with Crippen molar-refractivity contribution in [3.63, 3.8) is 0 Å². The number of aryl methyl sites for hydroxylation is 2. The summed E-state index contributed by atoms with van der Waals surface area (Å²) in [5, 5.41) is 17.3. The molecule has 0 spiro atoms. The molecule has 0 saturated heterocycles. The maximum Gasteiger partial charge on any atom is 0.251 e. The first-order valence-electron chi connectivity index (χ1n) is 13.7. The van der Waals surface area contributed by atoms with Gasteiger partial charge in [0, 0.05) is 44.9 Å². The van der Waals surface area contributed by atoms with Gasteiger partial charge in [-0.1, -0.05) is 42.8 Å². The fraction of sp³-hybridized carbons (Fsp3) is 0.406. The third-order valence-electron chi connectivity index (χ3n) is 6.77. The number of aliphatic hydroxyl groups is 1. The number of halogens is 4. The van der Waals surface area contributed by atoms with Crippen molar-refractivity contribution in [2.75, 3.05) is 33.9 Å². The lowest BCUT2D eigenvalue weighted by molar-refractivity contribution is 0.0829. The van der Waals surface area contributed by atoms with Crippen molar-refractivity contribution in [3.8, 4) is 0 Å². The zero-order chi connectivity index (χ0) is 29.1. The summed E-state index contributed by atoms with van der Waals surface area (Å²) in [6, 6.07) is 16.3. The Morgan fingerprint density at radius 2 is 1.67 bits per heavy atom. The summed E-state index contributed by atoms with van der Waals surface area (Å²) in [5.41, 5.74) is 5.03. The average Bonchev–Trinajstić information content (AvgIpc) is 2.90. The van der Waals surface area contributed by atoms with Crippen LogP contribution in [0.3, 0.4) is 0 Å². The van der Waals surface area contributed by atoms with Crippen molar-refractivity contribution in [1.82, 2.24) is 15.5 Å². The number of methoxy groups -OCH3 is 1. The third kappa shape index (κ3) is 12.3. The highest BCUT2D eigenvalue weighted by Gasteiger charge is 2.23. The van der Waals surface area contributed by atoms with Crippen molar-refractivity contribution >= 4 is 30.7 Å². The van der Waals surface area contributed by atoms with E-state index in [9.17, 15) is 18.7 Å². The predicted octanol–water partition coefficient (Wildman–Crippen LogP) is 5.25. The molecule has 0 unspecified atom stereocenters. The number of benzene rings is 3. The van der Waals surface area contributed by atoms with E-state index in [1.165, 1.54) is 17.7 Å². The zero-order valence-corrected chi connectivity index (χ0v) is 26.3. The molecule has 1 amide bonds. The molecule has 2 atom stereocenters. The van der Waals surface area contributed by atoms with Gasteiger partial charge in [-0.05, 0) is 73.3 Å². The lowest BCUT2D eigenvalue weighted by Gasteiger charge is -2.25. The third-order valence-corrected chi connectivity index (χ3v) is 6.77. The normalized spacial score (nSPS) is 12.3. The summed E-state index contributed by atoms with van der Waals surface area (Å²) < 4.78 is 33.0. The summed E-state index contributed by atoms with van der Waals surface area (Å²) in [6.45, 7) is 6.74. The van der Waals surface area contributed by atoms with Crippen LogP contribution >= 0.6 is 24.8 Å². The second-order valence-electron chi connectivity index (χ2n) is 10.4. The molecule has 232 valence electrons. The fourth-order valence-corrected chi connectivity index (χ4v) is 4.71. The molecule has 0 aromatic heterocycles. The van der Waals surface area contributed by atoms with Crippen LogP contribution < -0.4 is 10.6 Å². The Balaban J connectivity index is 0.00000441. The molecule has 0 aliphatic carbocycles. The van der Waals surface area contributed by atoms with E-state index < -0.39 is 23.8 Å². The second-order valence-corrected chi connectivity index (χ2v) is 10.4.